The highest BCUT2D eigenvalue weighted by Gasteiger charge is 2.31. The summed E-state index contributed by atoms with van der Waals surface area (Å²) in [7, 11) is 0. The number of benzene rings is 1. The van der Waals surface area contributed by atoms with Crippen molar-refractivity contribution in [2.24, 2.45) is 0 Å². The number of aliphatic hydroxyl groups excluding tert-OH is 4. The Kier molecular flexibility index (Phi) is 6.49. The molecule has 0 unspecified atom stereocenters. The molecule has 1 aliphatic heterocycles. The van der Waals surface area contributed by atoms with Crippen LogP contribution in [0.25, 0.3) is 0 Å². The maximum Gasteiger partial charge on any atom is 0.338 e. The van der Waals surface area contributed by atoms with E-state index in [1.165, 1.54) is 0 Å². The number of rotatable bonds is 0. The molecule has 0 fully saturated rings. The van der Waals surface area contributed by atoms with E-state index in [0.717, 1.165) is 5.56 Å². The van der Waals surface area contributed by atoms with Gasteiger partial charge in [0.25, 0.3) is 0 Å². The van der Waals surface area contributed by atoms with E-state index in [2.05, 4.69) is 0 Å². The van der Waals surface area contributed by atoms with E-state index >= 15 is 0 Å². The Morgan fingerprint density at radius 2 is 1.61 bits per heavy atom. The summed E-state index contributed by atoms with van der Waals surface area (Å²) in [6.45, 7) is -0.322. The largest absolute Gasteiger partial charge is 0.459 e. The lowest BCUT2D eigenvalue weighted by molar-refractivity contribution is -0.130. The molecule has 7 heteroatoms. The topological polar surface area (TPSA) is 116 Å². The van der Waals surface area contributed by atoms with Crippen molar-refractivity contribution in [1.82, 2.24) is 0 Å². The summed E-state index contributed by atoms with van der Waals surface area (Å²) in [4.78, 5) is 12.1. The fourth-order valence-corrected chi connectivity index (χ4v) is 2.40. The van der Waals surface area contributed by atoms with E-state index in [0.29, 0.717) is 25.0 Å². The van der Waals surface area contributed by atoms with Crippen LogP contribution in [0.15, 0.2) is 24.3 Å². The molecule has 0 saturated carbocycles. The van der Waals surface area contributed by atoms with E-state index in [9.17, 15) is 25.2 Å². The van der Waals surface area contributed by atoms with Crippen LogP contribution in [0, 0.1) is 0 Å². The molecule has 4 N–H and O–H groups in total. The zero-order chi connectivity index (χ0) is 16.8. The lowest BCUT2D eigenvalue weighted by Gasteiger charge is -2.26. The zero-order valence-corrected chi connectivity index (χ0v) is 12.7. The Balaban J connectivity index is 2.15. The second-order valence-electron chi connectivity index (χ2n) is 5.55. The summed E-state index contributed by atoms with van der Waals surface area (Å²) in [5.41, 5.74) is 1.20. The van der Waals surface area contributed by atoms with E-state index in [1.54, 1.807) is 12.1 Å². The van der Waals surface area contributed by atoms with Gasteiger partial charge in [-0.1, -0.05) is 18.2 Å². The van der Waals surface area contributed by atoms with E-state index in [4.69, 9.17) is 9.47 Å². The number of ether oxygens (including phenoxy) is 2. The van der Waals surface area contributed by atoms with Crippen LogP contribution in [0.2, 0.25) is 0 Å². The number of cyclic esters (lactones) is 1. The van der Waals surface area contributed by atoms with Gasteiger partial charge >= 0.3 is 5.97 Å². The smallest absolute Gasteiger partial charge is 0.338 e. The van der Waals surface area contributed by atoms with Gasteiger partial charge in [-0.3, -0.25) is 0 Å². The number of hydrogen-bond donors (Lipinski definition) is 4. The summed E-state index contributed by atoms with van der Waals surface area (Å²) in [6, 6.07) is 6.97. The summed E-state index contributed by atoms with van der Waals surface area (Å²) in [5, 5.41) is 39.1. The Hall–Kier alpha value is -1.51. The summed E-state index contributed by atoms with van der Waals surface area (Å²) in [5.74, 6) is -0.611. The molecule has 1 aromatic rings. The van der Waals surface area contributed by atoms with E-state index in [-0.39, 0.29) is 6.61 Å². The van der Waals surface area contributed by atoms with Crippen LogP contribution in [0.5, 0.6) is 0 Å². The fraction of sp³-hybridized carbons (Fsp3) is 0.562. The van der Waals surface area contributed by atoms with Gasteiger partial charge in [-0.2, -0.15) is 0 Å². The van der Waals surface area contributed by atoms with Crippen molar-refractivity contribution in [2.75, 3.05) is 19.8 Å². The van der Waals surface area contributed by atoms with Crippen LogP contribution in [-0.4, -0.2) is 70.6 Å². The molecule has 0 aromatic heterocycles. The molecule has 0 bridgehead atoms. The van der Waals surface area contributed by atoms with Gasteiger partial charge < -0.3 is 29.9 Å². The van der Waals surface area contributed by atoms with Crippen LogP contribution in [0.3, 0.4) is 0 Å². The molecule has 128 valence electrons. The highest BCUT2D eigenvalue weighted by atomic mass is 16.5. The molecule has 7 nitrogen and oxygen atoms in total. The minimum Gasteiger partial charge on any atom is -0.459 e. The maximum absolute atomic E-state index is 12.1. The number of carbonyl (C=O) groups excluding carboxylic acids is 1. The Morgan fingerprint density at radius 1 is 0.957 bits per heavy atom. The third-order valence-corrected chi connectivity index (χ3v) is 3.78. The van der Waals surface area contributed by atoms with Crippen LogP contribution >= 0.6 is 0 Å². The fourth-order valence-electron chi connectivity index (χ4n) is 2.40. The molecular weight excluding hydrogens is 304 g/mol. The standard InChI is InChI=1S/C16H22O7/c17-12-8-22-7-3-5-10-4-1-2-6-11(10)16(21)23-9-13(18)15(20)14(12)19/h1-2,4,6,12-15,17-20H,3,5,7-9H2/t12-,13-,14+,15+/m0/s1. The van der Waals surface area contributed by atoms with Gasteiger partial charge in [0.1, 0.15) is 31.0 Å². The molecule has 2 rings (SSSR count). The first-order valence-electron chi connectivity index (χ1n) is 7.55. The normalized spacial score (nSPS) is 30.9. The molecule has 23 heavy (non-hydrogen) atoms. The highest BCUT2D eigenvalue weighted by Crippen LogP contribution is 2.15. The molecule has 0 aliphatic carbocycles. The lowest BCUT2D eigenvalue weighted by Crippen LogP contribution is -2.47. The number of hydrogen-bond acceptors (Lipinski definition) is 7. The molecule has 4 atom stereocenters. The van der Waals surface area contributed by atoms with Crippen molar-refractivity contribution in [1.29, 1.82) is 0 Å². The van der Waals surface area contributed by atoms with Crippen LogP contribution in [-0.2, 0) is 15.9 Å². The minimum absolute atomic E-state index is 0.160. The quantitative estimate of drug-likeness (QED) is 0.464. The first-order chi connectivity index (χ1) is 11.0. The Labute approximate surface area is 134 Å². The van der Waals surface area contributed by atoms with Gasteiger partial charge in [0, 0.05) is 6.61 Å². The second kappa shape index (κ2) is 8.37. The van der Waals surface area contributed by atoms with Crippen molar-refractivity contribution in [3.8, 4) is 0 Å². The van der Waals surface area contributed by atoms with Crippen LogP contribution < -0.4 is 0 Å². The molecule has 1 aromatic carbocycles. The van der Waals surface area contributed by atoms with Gasteiger partial charge in [0.2, 0.25) is 0 Å². The SMILES string of the molecule is O=C1OC[C@H](O)[C@@H](O)[C@H](O)[C@@H](O)COCCCc2ccccc21. The summed E-state index contributed by atoms with van der Waals surface area (Å²) >= 11 is 0. The van der Waals surface area contributed by atoms with Gasteiger partial charge in [-0.15, -0.1) is 0 Å². The minimum atomic E-state index is -1.65. The second-order valence-corrected chi connectivity index (χ2v) is 5.55. The van der Waals surface area contributed by atoms with Gasteiger partial charge in [-0.05, 0) is 24.5 Å². The third-order valence-electron chi connectivity index (χ3n) is 3.78. The van der Waals surface area contributed by atoms with Gasteiger partial charge in [0.15, 0.2) is 0 Å². The molecule has 0 amide bonds. The number of aryl methyl sites for hydroxylation is 1. The number of aliphatic hydroxyl groups is 4. The predicted molar refractivity (Wildman–Crippen MR) is 79.9 cm³/mol. The Bertz CT molecular complexity index is 519. The molecular formula is C16H22O7. The average molecular weight is 326 g/mol. The molecule has 0 saturated heterocycles. The monoisotopic (exact) mass is 326 g/mol. The van der Waals surface area contributed by atoms with Crippen LogP contribution in [0.4, 0.5) is 0 Å². The zero-order valence-electron chi connectivity index (χ0n) is 12.7. The highest BCUT2D eigenvalue weighted by molar-refractivity contribution is 5.91. The predicted octanol–water partition coefficient (Wildman–Crippen LogP) is -0.750. The van der Waals surface area contributed by atoms with Gasteiger partial charge in [0.05, 0.1) is 12.2 Å². The third kappa shape index (κ3) is 4.73. The first-order valence-corrected chi connectivity index (χ1v) is 7.55. The van der Waals surface area contributed by atoms with Crippen molar-refractivity contribution in [3.63, 3.8) is 0 Å². The lowest BCUT2D eigenvalue weighted by atomic mass is 10.0. The van der Waals surface area contributed by atoms with Gasteiger partial charge in [-0.25, -0.2) is 4.79 Å². The maximum atomic E-state index is 12.1. The van der Waals surface area contributed by atoms with Crippen molar-refractivity contribution < 1.29 is 34.7 Å². The van der Waals surface area contributed by atoms with E-state index in [1.807, 2.05) is 12.1 Å². The molecule has 1 aliphatic rings. The van der Waals surface area contributed by atoms with Crippen molar-refractivity contribution in [3.05, 3.63) is 35.4 Å². The number of fused-ring (bicyclic) bond motifs is 1. The van der Waals surface area contributed by atoms with E-state index < -0.39 is 37.0 Å². The molecule has 1 heterocycles. The molecule has 0 spiro atoms. The Morgan fingerprint density at radius 3 is 2.35 bits per heavy atom. The summed E-state index contributed by atoms with van der Waals surface area (Å²) in [6.07, 6.45) is -4.89. The van der Waals surface area contributed by atoms with Crippen molar-refractivity contribution >= 4 is 5.97 Å². The molecule has 0 radical (unpaired) electrons. The number of carbonyl (C=O) groups is 1. The average Bonchev–Trinajstić information content (AvgIpc) is 2.57. The summed E-state index contributed by atoms with van der Waals surface area (Å²) < 4.78 is 10.3. The van der Waals surface area contributed by atoms with Crippen molar-refractivity contribution in [2.45, 2.75) is 37.3 Å². The van der Waals surface area contributed by atoms with Crippen LogP contribution in [0.1, 0.15) is 22.3 Å². The first kappa shape index (κ1) is 17.8. The number of esters is 1.